The number of nitrogens with zero attached hydrogens (tertiary/aromatic N) is 1. The van der Waals surface area contributed by atoms with Gasteiger partial charge >= 0.3 is 5.97 Å². The number of amides is 1. The molecule has 2 heterocycles. The van der Waals surface area contributed by atoms with E-state index in [1.807, 2.05) is 4.90 Å². The molecule has 0 bridgehead atoms. The van der Waals surface area contributed by atoms with Gasteiger partial charge in [0.25, 0.3) is 0 Å². The summed E-state index contributed by atoms with van der Waals surface area (Å²) in [4.78, 5) is 30.6. The molecule has 0 unspecified atom stereocenters. The summed E-state index contributed by atoms with van der Waals surface area (Å²) in [7, 11) is 1.40. The van der Waals surface area contributed by atoms with Crippen LogP contribution in [0.4, 0.5) is 5.69 Å². The summed E-state index contributed by atoms with van der Waals surface area (Å²) in [6.07, 6.45) is 6.35. The Kier molecular flexibility index (Phi) is 8.80. The molecular formula is C28H43NO6S. The van der Waals surface area contributed by atoms with Crippen LogP contribution >= 0.6 is 11.3 Å². The van der Waals surface area contributed by atoms with E-state index in [2.05, 4.69) is 33.8 Å². The van der Waals surface area contributed by atoms with E-state index < -0.39 is 6.10 Å². The lowest BCUT2D eigenvalue weighted by Gasteiger charge is -2.40. The van der Waals surface area contributed by atoms with Crippen molar-refractivity contribution in [2.24, 2.45) is 11.8 Å². The summed E-state index contributed by atoms with van der Waals surface area (Å²) in [5.74, 6) is 0.413. The first kappa shape index (κ1) is 27.6. The highest BCUT2D eigenvalue weighted by molar-refractivity contribution is 7.14. The molecule has 1 aliphatic heterocycles. The van der Waals surface area contributed by atoms with Gasteiger partial charge in [0, 0.05) is 16.8 Å². The summed E-state index contributed by atoms with van der Waals surface area (Å²) in [6, 6.07) is 2.06. The fourth-order valence-electron chi connectivity index (χ4n) is 5.71. The minimum Gasteiger partial charge on any atom is -0.465 e. The van der Waals surface area contributed by atoms with Crippen LogP contribution in [0.3, 0.4) is 0 Å². The van der Waals surface area contributed by atoms with Crippen molar-refractivity contribution in [3.63, 3.8) is 0 Å². The van der Waals surface area contributed by atoms with E-state index in [0.29, 0.717) is 29.7 Å². The van der Waals surface area contributed by atoms with Crippen LogP contribution in [0, 0.1) is 11.8 Å². The number of hydrogen-bond acceptors (Lipinski definition) is 7. The van der Waals surface area contributed by atoms with Crippen molar-refractivity contribution >= 4 is 28.9 Å². The normalized spacial score (nSPS) is 31.3. The van der Waals surface area contributed by atoms with Gasteiger partial charge in [-0.3, -0.25) is 4.79 Å². The second kappa shape index (κ2) is 11.5. The maximum atomic E-state index is 14.1. The third-order valence-corrected chi connectivity index (χ3v) is 9.59. The van der Waals surface area contributed by atoms with Crippen molar-refractivity contribution in [1.29, 1.82) is 0 Å². The molecule has 0 radical (unpaired) electrons. The van der Waals surface area contributed by atoms with Gasteiger partial charge in [-0.1, -0.05) is 27.7 Å². The van der Waals surface area contributed by atoms with E-state index in [4.69, 9.17) is 14.2 Å². The van der Waals surface area contributed by atoms with Crippen LogP contribution in [0.5, 0.6) is 0 Å². The molecule has 7 nitrogen and oxygen atoms in total. The molecule has 2 aliphatic carbocycles. The highest BCUT2D eigenvalue weighted by atomic mass is 32.1. The van der Waals surface area contributed by atoms with Crippen molar-refractivity contribution < 1.29 is 28.9 Å². The van der Waals surface area contributed by atoms with E-state index in [9.17, 15) is 14.7 Å². The number of esters is 1. The van der Waals surface area contributed by atoms with Crippen molar-refractivity contribution in [2.45, 2.75) is 109 Å². The SMILES string of the molecule is COC(=O)c1sc(C(C)(C)C)cc1N(C(=O)C1CCC(C)CC1)C1CCC(O[C@H]2COC[C@H]2O)CC1. The predicted octanol–water partition coefficient (Wildman–Crippen LogP) is 5.08. The Morgan fingerprint density at radius 2 is 1.72 bits per heavy atom. The van der Waals surface area contributed by atoms with Crippen LogP contribution in [0.25, 0.3) is 0 Å². The third kappa shape index (κ3) is 6.14. The molecule has 0 spiro atoms. The van der Waals surface area contributed by atoms with Crippen LogP contribution in [-0.2, 0) is 24.4 Å². The molecule has 202 valence electrons. The largest absolute Gasteiger partial charge is 0.465 e. The lowest BCUT2D eigenvalue weighted by Crippen LogP contribution is -2.47. The Bertz CT molecular complexity index is 908. The molecule has 3 aliphatic rings. The number of aliphatic hydroxyl groups is 1. The molecule has 36 heavy (non-hydrogen) atoms. The van der Waals surface area contributed by atoms with Gasteiger partial charge in [0.1, 0.15) is 17.1 Å². The van der Waals surface area contributed by atoms with Gasteiger partial charge in [-0.15, -0.1) is 11.3 Å². The van der Waals surface area contributed by atoms with Crippen molar-refractivity contribution in [3.05, 3.63) is 15.8 Å². The first-order valence-corrected chi connectivity index (χ1v) is 14.4. The number of rotatable bonds is 6. The molecule has 1 saturated heterocycles. The topological polar surface area (TPSA) is 85.3 Å². The lowest BCUT2D eigenvalue weighted by atomic mass is 9.81. The van der Waals surface area contributed by atoms with Gasteiger partial charge in [-0.2, -0.15) is 0 Å². The standard InChI is InChI=1S/C28H43NO6S/c1-17-6-8-18(9-7-17)26(31)29(21-14-24(28(2,3)4)36-25(21)27(32)33-5)19-10-12-20(13-11-19)35-23-16-34-15-22(23)30/h14,17-20,22-23,30H,6-13,15-16H2,1-5H3/t17?,18?,19?,20?,22-,23+/m1/s1. The van der Waals surface area contributed by atoms with E-state index in [0.717, 1.165) is 56.2 Å². The number of anilines is 1. The molecular weight excluding hydrogens is 478 g/mol. The van der Waals surface area contributed by atoms with E-state index >= 15 is 0 Å². The minimum atomic E-state index is -0.571. The zero-order valence-electron chi connectivity index (χ0n) is 22.5. The highest BCUT2D eigenvalue weighted by Gasteiger charge is 2.39. The Hall–Kier alpha value is -1.48. The van der Waals surface area contributed by atoms with E-state index in [1.165, 1.54) is 18.4 Å². The number of carbonyl (C=O) groups excluding carboxylic acids is 2. The first-order chi connectivity index (χ1) is 17.1. The van der Waals surface area contributed by atoms with Crippen molar-refractivity contribution in [1.82, 2.24) is 0 Å². The maximum Gasteiger partial charge on any atom is 0.350 e. The number of thiophene rings is 1. The second-order valence-electron chi connectivity index (χ2n) is 11.9. The van der Waals surface area contributed by atoms with Crippen LogP contribution in [0.1, 0.15) is 93.6 Å². The molecule has 8 heteroatoms. The summed E-state index contributed by atoms with van der Waals surface area (Å²) in [6.45, 7) is 9.40. The first-order valence-electron chi connectivity index (χ1n) is 13.6. The van der Waals surface area contributed by atoms with Crippen LogP contribution in [0.15, 0.2) is 6.07 Å². The van der Waals surface area contributed by atoms with Crippen LogP contribution in [0.2, 0.25) is 0 Å². The Balaban J connectivity index is 1.60. The zero-order chi connectivity index (χ0) is 26.0. The third-order valence-electron chi connectivity index (χ3n) is 8.06. The molecule has 1 aromatic rings. The van der Waals surface area contributed by atoms with Gasteiger partial charge in [-0.25, -0.2) is 4.79 Å². The Morgan fingerprint density at radius 1 is 1.06 bits per heavy atom. The summed E-state index contributed by atoms with van der Waals surface area (Å²) < 4.78 is 16.7. The number of ether oxygens (including phenoxy) is 3. The zero-order valence-corrected chi connectivity index (χ0v) is 23.3. The summed E-state index contributed by atoms with van der Waals surface area (Å²) >= 11 is 1.44. The number of aliphatic hydroxyl groups excluding tert-OH is 1. The molecule has 2 atom stereocenters. The Morgan fingerprint density at radius 3 is 2.28 bits per heavy atom. The monoisotopic (exact) mass is 521 g/mol. The van der Waals surface area contributed by atoms with Gasteiger partial charge in [0.05, 0.1) is 32.1 Å². The second-order valence-corrected chi connectivity index (χ2v) is 13.0. The summed E-state index contributed by atoms with van der Waals surface area (Å²) in [5.41, 5.74) is 0.570. The molecule has 2 saturated carbocycles. The molecule has 1 aromatic heterocycles. The lowest BCUT2D eigenvalue weighted by molar-refractivity contribution is -0.124. The van der Waals surface area contributed by atoms with Crippen molar-refractivity contribution in [3.8, 4) is 0 Å². The van der Waals surface area contributed by atoms with Crippen LogP contribution < -0.4 is 4.90 Å². The number of methoxy groups -OCH3 is 1. The summed E-state index contributed by atoms with van der Waals surface area (Å²) in [5, 5.41) is 10.1. The predicted molar refractivity (Wildman–Crippen MR) is 141 cm³/mol. The van der Waals surface area contributed by atoms with Gasteiger partial charge in [0.15, 0.2) is 0 Å². The highest BCUT2D eigenvalue weighted by Crippen LogP contribution is 2.42. The van der Waals surface area contributed by atoms with E-state index in [-0.39, 0.29) is 41.5 Å². The van der Waals surface area contributed by atoms with Gasteiger partial charge in [-0.05, 0) is 68.8 Å². The quantitative estimate of drug-likeness (QED) is 0.526. The average molecular weight is 522 g/mol. The number of hydrogen-bond donors (Lipinski definition) is 1. The van der Waals surface area contributed by atoms with Crippen molar-refractivity contribution in [2.75, 3.05) is 25.2 Å². The smallest absolute Gasteiger partial charge is 0.350 e. The molecule has 0 aromatic carbocycles. The van der Waals surface area contributed by atoms with E-state index in [1.54, 1.807) is 0 Å². The number of carbonyl (C=O) groups is 2. The molecule has 1 N–H and O–H groups in total. The maximum absolute atomic E-state index is 14.1. The Labute approximate surface area is 219 Å². The van der Waals surface area contributed by atoms with Gasteiger partial charge in [0.2, 0.25) is 5.91 Å². The molecule has 4 rings (SSSR count). The average Bonchev–Trinajstić information content (AvgIpc) is 3.47. The van der Waals surface area contributed by atoms with Gasteiger partial charge < -0.3 is 24.2 Å². The fraction of sp³-hybridized carbons (Fsp3) is 0.786. The molecule has 3 fully saturated rings. The fourth-order valence-corrected chi connectivity index (χ4v) is 6.83. The van der Waals surface area contributed by atoms with Crippen LogP contribution in [-0.4, -0.2) is 61.7 Å². The minimum absolute atomic E-state index is 0.00674. The molecule has 1 amide bonds.